The van der Waals surface area contributed by atoms with Crippen LogP contribution in [-0.4, -0.2) is 53.8 Å². The molecule has 0 N–H and O–H groups in total. The van der Waals surface area contributed by atoms with Crippen LogP contribution in [0.3, 0.4) is 0 Å². The summed E-state index contributed by atoms with van der Waals surface area (Å²) < 4.78 is 0. The largest absolute Gasteiger partial charge is 0.299 e. The Kier molecular flexibility index (Phi) is 8.95. The third-order valence-corrected chi connectivity index (χ3v) is 5.58. The highest BCUT2D eigenvalue weighted by atomic mass is 16.1. The first kappa shape index (κ1) is 22.9. The van der Waals surface area contributed by atoms with Gasteiger partial charge in [0.05, 0.1) is 12.6 Å². The number of ketones is 1. The molecule has 1 atom stereocenters. The van der Waals surface area contributed by atoms with E-state index in [-0.39, 0.29) is 11.8 Å². The molecule has 0 saturated heterocycles. The molecule has 4 heteroatoms. The maximum atomic E-state index is 13.3. The van der Waals surface area contributed by atoms with Crippen molar-refractivity contribution < 1.29 is 4.79 Å². The molecule has 31 heavy (non-hydrogen) atoms. The zero-order valence-corrected chi connectivity index (χ0v) is 18.7. The molecule has 3 rings (SSSR count). The summed E-state index contributed by atoms with van der Waals surface area (Å²) in [5.74, 6) is 0.266. The lowest BCUT2D eigenvalue weighted by Crippen LogP contribution is -2.43. The minimum Gasteiger partial charge on any atom is -0.299 e. The molecule has 0 fully saturated rings. The van der Waals surface area contributed by atoms with E-state index in [1.165, 1.54) is 16.7 Å². The molecule has 2 aromatic carbocycles. The summed E-state index contributed by atoms with van der Waals surface area (Å²) in [6.07, 6.45) is 6.41. The first-order valence-electron chi connectivity index (χ1n) is 11.0. The summed E-state index contributed by atoms with van der Waals surface area (Å²) in [5, 5.41) is 0. The summed E-state index contributed by atoms with van der Waals surface area (Å²) in [6, 6.07) is 24.7. The number of likely N-dealkylation sites (N-methyl/N-ethyl adjacent to an activating group) is 1. The van der Waals surface area contributed by atoms with Crippen LogP contribution in [0.5, 0.6) is 0 Å². The van der Waals surface area contributed by atoms with E-state index in [0.717, 1.165) is 32.4 Å². The SMILES string of the molecule is CN(C)[C@@H](Cc1ccccc1)C(=O)CN(CCCc1ccccc1)Cc1ccncc1. The van der Waals surface area contributed by atoms with Crippen molar-refractivity contribution in [2.24, 2.45) is 0 Å². The van der Waals surface area contributed by atoms with Crippen molar-refractivity contribution >= 4 is 5.78 Å². The number of nitrogens with zero attached hydrogens (tertiary/aromatic N) is 3. The van der Waals surface area contributed by atoms with E-state index in [1.807, 2.05) is 67.8 Å². The number of aryl methyl sites for hydroxylation is 1. The number of hydrogen-bond acceptors (Lipinski definition) is 4. The molecule has 4 nitrogen and oxygen atoms in total. The Morgan fingerprint density at radius 1 is 0.839 bits per heavy atom. The predicted molar refractivity (Wildman–Crippen MR) is 127 cm³/mol. The van der Waals surface area contributed by atoms with Crippen LogP contribution in [0, 0.1) is 0 Å². The maximum Gasteiger partial charge on any atom is 0.164 e. The van der Waals surface area contributed by atoms with Crippen molar-refractivity contribution in [3.05, 3.63) is 102 Å². The Morgan fingerprint density at radius 2 is 1.45 bits per heavy atom. The van der Waals surface area contributed by atoms with Gasteiger partial charge in [-0.2, -0.15) is 0 Å². The number of hydrogen-bond donors (Lipinski definition) is 0. The van der Waals surface area contributed by atoms with E-state index in [2.05, 4.69) is 46.3 Å². The predicted octanol–water partition coefficient (Wildman–Crippen LogP) is 4.26. The van der Waals surface area contributed by atoms with Crippen molar-refractivity contribution in [3.8, 4) is 0 Å². The Labute approximate surface area is 186 Å². The van der Waals surface area contributed by atoms with Crippen molar-refractivity contribution in [2.75, 3.05) is 27.2 Å². The molecule has 3 aromatic rings. The molecule has 0 amide bonds. The third kappa shape index (κ3) is 7.74. The Hall–Kier alpha value is -2.82. The van der Waals surface area contributed by atoms with Gasteiger partial charge in [0.2, 0.25) is 0 Å². The number of pyridine rings is 1. The normalized spacial score (nSPS) is 12.3. The van der Waals surface area contributed by atoms with E-state index in [0.29, 0.717) is 6.54 Å². The van der Waals surface area contributed by atoms with Crippen molar-refractivity contribution in [1.82, 2.24) is 14.8 Å². The molecule has 0 bridgehead atoms. The average Bonchev–Trinajstić information content (AvgIpc) is 2.79. The van der Waals surface area contributed by atoms with E-state index < -0.39 is 0 Å². The first-order chi connectivity index (χ1) is 15.1. The summed E-state index contributed by atoms with van der Waals surface area (Å²) in [7, 11) is 3.99. The topological polar surface area (TPSA) is 36.4 Å². The van der Waals surface area contributed by atoms with Crippen LogP contribution in [0.1, 0.15) is 23.1 Å². The lowest BCUT2D eigenvalue weighted by Gasteiger charge is -2.28. The minimum absolute atomic E-state index is 0.128. The Morgan fingerprint density at radius 3 is 2.06 bits per heavy atom. The van der Waals surface area contributed by atoms with Crippen LogP contribution in [0.4, 0.5) is 0 Å². The van der Waals surface area contributed by atoms with Gasteiger partial charge < -0.3 is 0 Å². The first-order valence-corrected chi connectivity index (χ1v) is 11.0. The van der Waals surface area contributed by atoms with Gasteiger partial charge in [0, 0.05) is 18.9 Å². The zero-order valence-electron chi connectivity index (χ0n) is 18.7. The van der Waals surface area contributed by atoms with Gasteiger partial charge in [-0.1, -0.05) is 60.7 Å². The highest BCUT2D eigenvalue weighted by molar-refractivity contribution is 5.86. The number of aromatic nitrogens is 1. The number of benzene rings is 2. The fourth-order valence-corrected chi connectivity index (χ4v) is 3.86. The number of carbonyl (C=O) groups excluding carboxylic acids is 1. The molecule has 1 heterocycles. The van der Waals surface area contributed by atoms with Crippen molar-refractivity contribution in [3.63, 3.8) is 0 Å². The monoisotopic (exact) mass is 415 g/mol. The Balaban J connectivity index is 1.65. The highest BCUT2D eigenvalue weighted by Crippen LogP contribution is 2.12. The summed E-state index contributed by atoms with van der Waals surface area (Å²) in [6.45, 7) is 2.09. The second-order valence-electron chi connectivity index (χ2n) is 8.29. The van der Waals surface area contributed by atoms with Gasteiger partial charge in [-0.15, -0.1) is 0 Å². The lowest BCUT2D eigenvalue weighted by molar-refractivity contribution is -0.124. The van der Waals surface area contributed by atoms with E-state index >= 15 is 0 Å². The van der Waals surface area contributed by atoms with Gasteiger partial charge in [-0.3, -0.25) is 19.6 Å². The second-order valence-corrected chi connectivity index (χ2v) is 8.29. The molecule has 0 radical (unpaired) electrons. The molecule has 0 spiro atoms. The van der Waals surface area contributed by atoms with E-state index in [1.54, 1.807) is 0 Å². The molecule has 1 aromatic heterocycles. The minimum atomic E-state index is -0.128. The average molecular weight is 416 g/mol. The van der Waals surface area contributed by atoms with Crippen molar-refractivity contribution in [1.29, 1.82) is 0 Å². The van der Waals surface area contributed by atoms with E-state index in [9.17, 15) is 4.79 Å². The van der Waals surface area contributed by atoms with E-state index in [4.69, 9.17) is 0 Å². The second kappa shape index (κ2) is 12.1. The molecule has 0 aliphatic carbocycles. The molecule has 162 valence electrons. The summed E-state index contributed by atoms with van der Waals surface area (Å²) in [4.78, 5) is 21.8. The lowest BCUT2D eigenvalue weighted by atomic mass is 10.0. The zero-order chi connectivity index (χ0) is 21.9. The van der Waals surface area contributed by atoms with Crippen LogP contribution < -0.4 is 0 Å². The molecular weight excluding hydrogens is 382 g/mol. The van der Waals surface area contributed by atoms with Crippen LogP contribution in [-0.2, 0) is 24.2 Å². The molecular formula is C27H33N3O. The summed E-state index contributed by atoms with van der Waals surface area (Å²) >= 11 is 0. The van der Waals surface area contributed by atoms with Gasteiger partial charge in [0.1, 0.15) is 0 Å². The number of Topliss-reactive ketones (excluding diaryl/α,β-unsaturated/α-hetero) is 1. The van der Waals surface area contributed by atoms with Gasteiger partial charge in [-0.25, -0.2) is 0 Å². The van der Waals surface area contributed by atoms with Crippen LogP contribution in [0.2, 0.25) is 0 Å². The highest BCUT2D eigenvalue weighted by Gasteiger charge is 2.23. The molecule has 0 unspecified atom stereocenters. The molecule has 0 aliphatic rings. The van der Waals surface area contributed by atoms with Crippen LogP contribution in [0.25, 0.3) is 0 Å². The number of carbonyl (C=O) groups is 1. The van der Waals surface area contributed by atoms with Gasteiger partial charge >= 0.3 is 0 Å². The smallest absolute Gasteiger partial charge is 0.164 e. The maximum absolute atomic E-state index is 13.3. The quantitative estimate of drug-likeness (QED) is 0.443. The van der Waals surface area contributed by atoms with Gasteiger partial charge in [0.15, 0.2) is 5.78 Å². The fraction of sp³-hybridized carbons (Fsp3) is 0.333. The van der Waals surface area contributed by atoms with Crippen molar-refractivity contribution in [2.45, 2.75) is 31.8 Å². The standard InChI is InChI=1S/C27H33N3O/c1-29(2)26(20-24-12-7-4-8-13-24)27(31)22-30(21-25-15-17-28-18-16-25)19-9-14-23-10-5-3-6-11-23/h3-8,10-13,15-18,26H,9,14,19-22H2,1-2H3/t26-/m0/s1. The molecule has 0 saturated carbocycles. The summed E-state index contributed by atoms with van der Waals surface area (Å²) in [5.41, 5.74) is 3.72. The van der Waals surface area contributed by atoms with Crippen LogP contribution in [0.15, 0.2) is 85.2 Å². The van der Waals surface area contributed by atoms with Crippen LogP contribution >= 0.6 is 0 Å². The number of rotatable bonds is 12. The fourth-order valence-electron chi connectivity index (χ4n) is 3.86. The van der Waals surface area contributed by atoms with Gasteiger partial charge in [0.25, 0.3) is 0 Å². The molecule has 0 aliphatic heterocycles. The third-order valence-electron chi connectivity index (χ3n) is 5.58. The van der Waals surface area contributed by atoms with Gasteiger partial charge in [-0.05, 0) is 68.7 Å². The Bertz CT molecular complexity index is 898.